The molecule has 0 bridgehead atoms. The first-order chi connectivity index (χ1) is 9.63. The molecule has 2 aromatic carbocycles. The zero-order valence-electron chi connectivity index (χ0n) is 10.5. The predicted molar refractivity (Wildman–Crippen MR) is 77.4 cm³/mol. The summed E-state index contributed by atoms with van der Waals surface area (Å²) in [6.07, 6.45) is 1.76. The highest BCUT2D eigenvalue weighted by Gasteiger charge is 2.23. The zero-order chi connectivity index (χ0) is 14.1. The third kappa shape index (κ3) is 2.40. The summed E-state index contributed by atoms with van der Waals surface area (Å²) in [6, 6.07) is 11.6. The highest BCUT2D eigenvalue weighted by atomic mass is 35.5. The van der Waals surface area contributed by atoms with Gasteiger partial charge < -0.3 is 9.84 Å². The number of hydrogen-bond donors (Lipinski definition) is 1. The normalized spacial score (nSPS) is 15.8. The third-order valence-electron chi connectivity index (χ3n) is 3.10. The van der Waals surface area contributed by atoms with Crippen LogP contribution in [0.25, 0.3) is 6.08 Å². The Kier molecular flexibility index (Phi) is 3.20. The average molecular weight is 287 g/mol. The van der Waals surface area contributed by atoms with Crippen molar-refractivity contribution in [3.05, 3.63) is 64.2 Å². The van der Waals surface area contributed by atoms with Crippen LogP contribution < -0.4 is 4.74 Å². The second kappa shape index (κ2) is 5.02. The van der Waals surface area contributed by atoms with Crippen LogP contribution in [-0.2, 0) is 0 Å². The molecule has 3 rings (SSSR count). The van der Waals surface area contributed by atoms with Crippen molar-refractivity contribution in [2.75, 3.05) is 6.61 Å². The molecule has 3 nitrogen and oxygen atoms in total. The lowest BCUT2D eigenvalue weighted by atomic mass is 9.98. The van der Waals surface area contributed by atoms with E-state index in [0.717, 1.165) is 5.56 Å². The first-order valence-corrected chi connectivity index (χ1v) is 6.48. The van der Waals surface area contributed by atoms with E-state index in [4.69, 9.17) is 16.3 Å². The Morgan fingerprint density at radius 3 is 2.65 bits per heavy atom. The smallest absolute Gasteiger partial charge is 0.196 e. The molecule has 4 heteroatoms. The Labute approximate surface area is 121 Å². The van der Waals surface area contributed by atoms with Gasteiger partial charge in [-0.1, -0.05) is 23.7 Å². The number of rotatable bonds is 1. The summed E-state index contributed by atoms with van der Waals surface area (Å²) in [5.41, 5.74) is 1.87. The van der Waals surface area contributed by atoms with Gasteiger partial charge in [0.1, 0.15) is 18.1 Å². The van der Waals surface area contributed by atoms with Crippen LogP contribution >= 0.6 is 11.6 Å². The summed E-state index contributed by atoms with van der Waals surface area (Å²) in [7, 11) is 0. The van der Waals surface area contributed by atoms with Crippen LogP contribution in [0.1, 0.15) is 15.9 Å². The van der Waals surface area contributed by atoms with Crippen LogP contribution in [-0.4, -0.2) is 17.5 Å². The molecule has 0 aromatic heterocycles. The maximum absolute atomic E-state index is 12.4. The van der Waals surface area contributed by atoms with E-state index in [9.17, 15) is 9.90 Å². The number of carbonyl (C=O) groups is 1. The molecule has 0 saturated heterocycles. The van der Waals surface area contributed by atoms with Crippen LogP contribution in [0.4, 0.5) is 0 Å². The summed E-state index contributed by atoms with van der Waals surface area (Å²) in [5, 5.41) is 9.75. The van der Waals surface area contributed by atoms with Crippen molar-refractivity contribution in [1.29, 1.82) is 0 Å². The summed E-state index contributed by atoms with van der Waals surface area (Å²) in [6.45, 7) is 0.230. The van der Waals surface area contributed by atoms with E-state index in [-0.39, 0.29) is 18.1 Å². The standard InChI is InChI=1S/C16H11ClO3/c17-12-3-6-15-14(8-12)16(19)11(9-20-15)7-10-1-4-13(18)5-2-10/h1-8,18H,9H2/b11-7+. The van der Waals surface area contributed by atoms with Crippen LogP contribution in [0.3, 0.4) is 0 Å². The van der Waals surface area contributed by atoms with Gasteiger partial charge in [0.15, 0.2) is 5.78 Å². The van der Waals surface area contributed by atoms with Gasteiger partial charge >= 0.3 is 0 Å². The molecule has 0 unspecified atom stereocenters. The van der Waals surface area contributed by atoms with E-state index in [1.165, 1.54) is 0 Å². The fourth-order valence-corrected chi connectivity index (χ4v) is 2.25. The van der Waals surface area contributed by atoms with Gasteiger partial charge in [0, 0.05) is 10.6 Å². The number of ether oxygens (including phenoxy) is 1. The quantitative estimate of drug-likeness (QED) is 0.813. The minimum atomic E-state index is -0.0816. The number of carbonyl (C=O) groups excluding carboxylic acids is 1. The molecular formula is C16H11ClO3. The fraction of sp³-hybridized carbons (Fsp3) is 0.0625. The number of benzene rings is 2. The fourth-order valence-electron chi connectivity index (χ4n) is 2.08. The van der Waals surface area contributed by atoms with Gasteiger partial charge in [-0.05, 0) is 42.0 Å². The van der Waals surface area contributed by atoms with Crippen molar-refractivity contribution in [2.24, 2.45) is 0 Å². The van der Waals surface area contributed by atoms with Crippen LogP contribution in [0.15, 0.2) is 48.0 Å². The lowest BCUT2D eigenvalue weighted by Gasteiger charge is -2.18. The summed E-state index contributed by atoms with van der Waals surface area (Å²) < 4.78 is 5.56. The molecular weight excluding hydrogens is 276 g/mol. The molecule has 0 spiro atoms. The number of Topliss-reactive ketones (excluding diaryl/α,β-unsaturated/α-hetero) is 1. The molecule has 1 aliphatic rings. The van der Waals surface area contributed by atoms with E-state index < -0.39 is 0 Å². The van der Waals surface area contributed by atoms with Crippen molar-refractivity contribution < 1.29 is 14.6 Å². The van der Waals surface area contributed by atoms with E-state index in [2.05, 4.69) is 0 Å². The minimum Gasteiger partial charge on any atom is -0.508 e. The molecule has 100 valence electrons. The maximum Gasteiger partial charge on any atom is 0.196 e. The Morgan fingerprint density at radius 1 is 1.15 bits per heavy atom. The summed E-state index contributed by atoms with van der Waals surface area (Å²) in [5.74, 6) is 0.666. The Morgan fingerprint density at radius 2 is 1.90 bits per heavy atom. The highest BCUT2D eigenvalue weighted by molar-refractivity contribution is 6.31. The van der Waals surface area contributed by atoms with Gasteiger partial charge in [0.05, 0.1) is 5.56 Å². The number of hydrogen-bond acceptors (Lipinski definition) is 3. The van der Waals surface area contributed by atoms with Crippen molar-refractivity contribution in [2.45, 2.75) is 0 Å². The zero-order valence-corrected chi connectivity index (χ0v) is 11.2. The van der Waals surface area contributed by atoms with Gasteiger partial charge in [-0.15, -0.1) is 0 Å². The summed E-state index contributed by atoms with van der Waals surface area (Å²) >= 11 is 5.91. The van der Waals surface area contributed by atoms with E-state index in [1.54, 1.807) is 48.5 Å². The first-order valence-electron chi connectivity index (χ1n) is 6.10. The Hall–Kier alpha value is -2.26. The van der Waals surface area contributed by atoms with E-state index in [1.807, 2.05) is 0 Å². The lowest BCUT2D eigenvalue weighted by Crippen LogP contribution is -2.18. The number of ketones is 1. The molecule has 0 fully saturated rings. The summed E-state index contributed by atoms with van der Waals surface area (Å²) in [4.78, 5) is 12.4. The highest BCUT2D eigenvalue weighted by Crippen LogP contribution is 2.30. The molecule has 0 atom stereocenters. The van der Waals surface area contributed by atoms with Crippen molar-refractivity contribution in [3.8, 4) is 11.5 Å². The van der Waals surface area contributed by atoms with Gasteiger partial charge in [0.25, 0.3) is 0 Å². The molecule has 0 aliphatic carbocycles. The number of aromatic hydroxyl groups is 1. The number of fused-ring (bicyclic) bond motifs is 1. The number of phenols is 1. The second-order valence-electron chi connectivity index (χ2n) is 4.52. The molecule has 20 heavy (non-hydrogen) atoms. The van der Waals surface area contributed by atoms with Gasteiger partial charge in [-0.3, -0.25) is 4.79 Å². The molecule has 1 aliphatic heterocycles. The first kappa shape index (κ1) is 12.8. The maximum atomic E-state index is 12.4. The Balaban J connectivity index is 1.97. The largest absolute Gasteiger partial charge is 0.508 e. The molecule has 0 radical (unpaired) electrons. The molecule has 2 aromatic rings. The SMILES string of the molecule is O=C1/C(=C/c2ccc(O)cc2)COc2ccc(Cl)cc21. The molecule has 0 amide bonds. The van der Waals surface area contributed by atoms with Crippen molar-refractivity contribution in [1.82, 2.24) is 0 Å². The topological polar surface area (TPSA) is 46.5 Å². The minimum absolute atomic E-state index is 0.0816. The van der Waals surface area contributed by atoms with E-state index >= 15 is 0 Å². The monoisotopic (exact) mass is 286 g/mol. The van der Waals surface area contributed by atoms with Crippen molar-refractivity contribution in [3.63, 3.8) is 0 Å². The lowest BCUT2D eigenvalue weighted by molar-refractivity contribution is 0.100. The van der Waals surface area contributed by atoms with E-state index in [0.29, 0.717) is 21.9 Å². The van der Waals surface area contributed by atoms with Crippen LogP contribution in [0, 0.1) is 0 Å². The predicted octanol–water partition coefficient (Wildman–Crippen LogP) is 3.70. The molecule has 1 heterocycles. The van der Waals surface area contributed by atoms with Gasteiger partial charge in [-0.25, -0.2) is 0 Å². The van der Waals surface area contributed by atoms with Gasteiger partial charge in [0.2, 0.25) is 0 Å². The molecule has 1 N–H and O–H groups in total. The second-order valence-corrected chi connectivity index (χ2v) is 4.96. The van der Waals surface area contributed by atoms with Crippen LogP contribution in [0.5, 0.6) is 11.5 Å². The Bertz CT molecular complexity index is 702. The van der Waals surface area contributed by atoms with Crippen molar-refractivity contribution >= 4 is 23.5 Å². The third-order valence-corrected chi connectivity index (χ3v) is 3.33. The van der Waals surface area contributed by atoms with Crippen LogP contribution in [0.2, 0.25) is 5.02 Å². The number of halogens is 1. The average Bonchev–Trinajstić information content (AvgIpc) is 2.45. The number of phenolic OH excluding ortho intramolecular Hbond substituents is 1. The van der Waals surface area contributed by atoms with Gasteiger partial charge in [-0.2, -0.15) is 0 Å². The molecule has 0 saturated carbocycles.